The van der Waals surface area contributed by atoms with Crippen molar-refractivity contribution < 1.29 is 9.59 Å². The second kappa shape index (κ2) is 8.26. The summed E-state index contributed by atoms with van der Waals surface area (Å²) >= 11 is 0. The van der Waals surface area contributed by atoms with Crippen LogP contribution in [0.2, 0.25) is 0 Å². The lowest BCUT2D eigenvalue weighted by atomic mass is 10.1. The Kier molecular flexibility index (Phi) is 6.60. The van der Waals surface area contributed by atoms with Gasteiger partial charge in [0.2, 0.25) is 11.8 Å². The fourth-order valence-electron chi connectivity index (χ4n) is 1.69. The third kappa shape index (κ3) is 6.57. The maximum atomic E-state index is 11.6. The lowest BCUT2D eigenvalue weighted by Crippen LogP contribution is -2.26. The predicted octanol–water partition coefficient (Wildman–Crippen LogP) is 0.460. The second-order valence-corrected chi connectivity index (χ2v) is 4.47. The number of carbonyl (C=O) groups is 2. The number of hydrogen-bond donors (Lipinski definition) is 3. The minimum Gasteiger partial charge on any atom is -0.370 e. The zero-order valence-electron chi connectivity index (χ0n) is 11.0. The van der Waals surface area contributed by atoms with Gasteiger partial charge in [0.15, 0.2) is 0 Å². The number of hydrogen-bond acceptors (Lipinski definition) is 3. The highest BCUT2D eigenvalue weighted by molar-refractivity contribution is 5.78. The fourth-order valence-corrected chi connectivity index (χ4v) is 1.69. The Labute approximate surface area is 113 Å². The van der Waals surface area contributed by atoms with Crippen molar-refractivity contribution in [1.82, 2.24) is 5.32 Å². The molecule has 0 bridgehead atoms. The summed E-state index contributed by atoms with van der Waals surface area (Å²) in [4.78, 5) is 22.2. The van der Waals surface area contributed by atoms with Gasteiger partial charge in [0, 0.05) is 19.5 Å². The molecule has 0 radical (unpaired) electrons. The first kappa shape index (κ1) is 15.2. The number of primary amides is 1. The molecular weight excluding hydrogens is 242 g/mol. The molecule has 5 nitrogen and oxygen atoms in total. The molecule has 0 atom stereocenters. The molecule has 0 aliphatic rings. The van der Waals surface area contributed by atoms with Crippen molar-refractivity contribution in [2.75, 3.05) is 6.54 Å². The van der Waals surface area contributed by atoms with Crippen molar-refractivity contribution in [1.29, 1.82) is 0 Å². The van der Waals surface area contributed by atoms with Crippen LogP contribution >= 0.6 is 0 Å². The summed E-state index contributed by atoms with van der Waals surface area (Å²) in [6.45, 7) is 1.08. The topological polar surface area (TPSA) is 98.2 Å². The minimum absolute atomic E-state index is 0.0143. The van der Waals surface area contributed by atoms with Crippen molar-refractivity contribution in [3.63, 3.8) is 0 Å². The van der Waals surface area contributed by atoms with Crippen LogP contribution in [0, 0.1) is 0 Å². The summed E-state index contributed by atoms with van der Waals surface area (Å²) in [5.74, 6) is -0.314. The van der Waals surface area contributed by atoms with E-state index in [0.29, 0.717) is 32.4 Å². The molecule has 1 aromatic carbocycles. The Morgan fingerprint density at radius 3 is 2.26 bits per heavy atom. The zero-order valence-corrected chi connectivity index (χ0v) is 11.0. The van der Waals surface area contributed by atoms with Gasteiger partial charge in [-0.3, -0.25) is 9.59 Å². The standard InChI is InChI=1S/C14H21N3O2/c15-10-12-6-4-11(5-7-12)9-14(19)17-8-2-1-3-13(16)18/h4-7H,1-3,8-10,15H2,(H2,16,18)(H,17,19). The summed E-state index contributed by atoms with van der Waals surface area (Å²) in [6.07, 6.45) is 2.21. The molecule has 0 aromatic heterocycles. The maximum Gasteiger partial charge on any atom is 0.224 e. The molecule has 2 amide bonds. The normalized spacial score (nSPS) is 10.2. The summed E-state index contributed by atoms with van der Waals surface area (Å²) < 4.78 is 0. The van der Waals surface area contributed by atoms with E-state index < -0.39 is 0 Å². The minimum atomic E-state index is -0.300. The number of unbranched alkanes of at least 4 members (excludes halogenated alkanes) is 1. The average Bonchev–Trinajstić information content (AvgIpc) is 2.39. The maximum absolute atomic E-state index is 11.6. The molecule has 0 saturated carbocycles. The van der Waals surface area contributed by atoms with Crippen LogP contribution in [0.1, 0.15) is 30.4 Å². The molecule has 19 heavy (non-hydrogen) atoms. The molecule has 0 fully saturated rings. The van der Waals surface area contributed by atoms with Crippen LogP contribution in [0.4, 0.5) is 0 Å². The highest BCUT2D eigenvalue weighted by atomic mass is 16.1. The van der Waals surface area contributed by atoms with Crippen molar-refractivity contribution in [2.45, 2.75) is 32.2 Å². The molecule has 0 spiro atoms. The Balaban J connectivity index is 2.21. The summed E-state index contributed by atoms with van der Waals surface area (Å²) in [7, 11) is 0. The highest BCUT2D eigenvalue weighted by Crippen LogP contribution is 2.04. The van der Waals surface area contributed by atoms with Crippen LogP contribution in [0.5, 0.6) is 0 Å². The first-order valence-electron chi connectivity index (χ1n) is 6.44. The molecule has 0 unspecified atom stereocenters. The number of carbonyl (C=O) groups excluding carboxylic acids is 2. The first-order chi connectivity index (χ1) is 9.11. The number of nitrogens with one attached hydrogen (secondary N) is 1. The van der Waals surface area contributed by atoms with E-state index in [0.717, 1.165) is 17.5 Å². The molecule has 1 rings (SSSR count). The number of rotatable bonds is 8. The number of benzene rings is 1. The van der Waals surface area contributed by atoms with E-state index in [1.165, 1.54) is 0 Å². The Morgan fingerprint density at radius 2 is 1.68 bits per heavy atom. The zero-order chi connectivity index (χ0) is 14.1. The summed E-state index contributed by atoms with van der Waals surface area (Å²) in [6, 6.07) is 7.68. The molecule has 0 aliphatic carbocycles. The number of amides is 2. The smallest absolute Gasteiger partial charge is 0.224 e. The van der Waals surface area contributed by atoms with E-state index in [4.69, 9.17) is 11.5 Å². The number of nitrogens with two attached hydrogens (primary N) is 2. The van der Waals surface area contributed by atoms with Crippen molar-refractivity contribution in [2.24, 2.45) is 11.5 Å². The van der Waals surface area contributed by atoms with Gasteiger partial charge >= 0.3 is 0 Å². The van der Waals surface area contributed by atoms with Gasteiger partial charge in [-0.15, -0.1) is 0 Å². The van der Waals surface area contributed by atoms with Crippen LogP contribution in [-0.4, -0.2) is 18.4 Å². The third-order valence-electron chi connectivity index (χ3n) is 2.80. The third-order valence-corrected chi connectivity index (χ3v) is 2.80. The van der Waals surface area contributed by atoms with Crippen LogP contribution in [0.3, 0.4) is 0 Å². The fraction of sp³-hybridized carbons (Fsp3) is 0.429. The Hall–Kier alpha value is -1.88. The Bertz CT molecular complexity index is 415. The van der Waals surface area contributed by atoms with Gasteiger partial charge in [0.25, 0.3) is 0 Å². The largest absolute Gasteiger partial charge is 0.370 e. The SMILES string of the molecule is NCc1ccc(CC(=O)NCCCCC(N)=O)cc1. The highest BCUT2D eigenvalue weighted by Gasteiger charge is 2.03. The van der Waals surface area contributed by atoms with Crippen LogP contribution in [-0.2, 0) is 22.6 Å². The quantitative estimate of drug-likeness (QED) is 0.594. The van der Waals surface area contributed by atoms with Gasteiger partial charge in [-0.25, -0.2) is 0 Å². The molecule has 0 saturated heterocycles. The van der Waals surface area contributed by atoms with Gasteiger partial charge in [-0.05, 0) is 24.0 Å². The average molecular weight is 263 g/mol. The monoisotopic (exact) mass is 263 g/mol. The van der Waals surface area contributed by atoms with E-state index in [2.05, 4.69) is 5.32 Å². The lowest BCUT2D eigenvalue weighted by molar-refractivity contribution is -0.120. The second-order valence-electron chi connectivity index (χ2n) is 4.47. The van der Waals surface area contributed by atoms with E-state index in [-0.39, 0.29) is 11.8 Å². The molecular formula is C14H21N3O2. The van der Waals surface area contributed by atoms with Gasteiger partial charge in [0.1, 0.15) is 0 Å². The van der Waals surface area contributed by atoms with Crippen molar-refractivity contribution in [3.05, 3.63) is 35.4 Å². The first-order valence-corrected chi connectivity index (χ1v) is 6.44. The molecule has 104 valence electrons. The lowest BCUT2D eigenvalue weighted by Gasteiger charge is -2.05. The van der Waals surface area contributed by atoms with Gasteiger partial charge < -0.3 is 16.8 Å². The van der Waals surface area contributed by atoms with Gasteiger partial charge in [0.05, 0.1) is 6.42 Å². The van der Waals surface area contributed by atoms with Crippen LogP contribution < -0.4 is 16.8 Å². The van der Waals surface area contributed by atoms with E-state index in [1.807, 2.05) is 24.3 Å². The van der Waals surface area contributed by atoms with Crippen LogP contribution in [0.15, 0.2) is 24.3 Å². The predicted molar refractivity (Wildman–Crippen MR) is 74.1 cm³/mol. The molecule has 1 aromatic rings. The summed E-state index contributed by atoms with van der Waals surface area (Å²) in [5.41, 5.74) is 12.5. The van der Waals surface area contributed by atoms with Crippen LogP contribution in [0.25, 0.3) is 0 Å². The van der Waals surface area contributed by atoms with Crippen molar-refractivity contribution in [3.8, 4) is 0 Å². The van der Waals surface area contributed by atoms with E-state index in [1.54, 1.807) is 0 Å². The van der Waals surface area contributed by atoms with E-state index in [9.17, 15) is 9.59 Å². The van der Waals surface area contributed by atoms with E-state index >= 15 is 0 Å². The summed E-state index contributed by atoms with van der Waals surface area (Å²) in [5, 5.41) is 2.82. The van der Waals surface area contributed by atoms with Gasteiger partial charge in [-0.1, -0.05) is 24.3 Å². The Morgan fingerprint density at radius 1 is 1.05 bits per heavy atom. The molecule has 0 heterocycles. The van der Waals surface area contributed by atoms with Gasteiger partial charge in [-0.2, -0.15) is 0 Å². The molecule has 0 aliphatic heterocycles. The molecule has 5 heteroatoms. The molecule has 5 N–H and O–H groups in total. The van der Waals surface area contributed by atoms with Crippen molar-refractivity contribution >= 4 is 11.8 Å².